The third-order valence-corrected chi connectivity index (χ3v) is 5.93. The van der Waals surface area contributed by atoms with Crippen LogP contribution in [0.1, 0.15) is 24.2 Å². The first-order valence-electron chi connectivity index (χ1n) is 10.0. The fraction of sp³-hybridized carbons (Fsp3) is 0.550. The Balaban J connectivity index is 1.19. The van der Waals surface area contributed by atoms with E-state index in [1.165, 1.54) is 0 Å². The molecule has 5 unspecified atom stereocenters. The van der Waals surface area contributed by atoms with Crippen LogP contribution in [-0.2, 0) is 34.4 Å². The molecule has 10 heteroatoms. The fourth-order valence-corrected chi connectivity index (χ4v) is 4.09. The summed E-state index contributed by atoms with van der Waals surface area (Å²) in [5, 5.41) is 17.3. The summed E-state index contributed by atoms with van der Waals surface area (Å²) in [5.74, 6) is 0.679. The molecule has 2 aliphatic rings. The standard InChI is InChI=1S/C20H26ClN5O4/c1-26-5-4-24-17(26)11-25-18(27)7-13-6-15-20(29-13)19(28)16(30-15)10-23-9-12-8-22-3-2-14(12)21/h2-5,8,13,15-16,19-20,23,28H,6-7,9-11H2,1H3,(H,25,27). The van der Waals surface area contributed by atoms with E-state index in [1.54, 1.807) is 24.7 Å². The van der Waals surface area contributed by atoms with Gasteiger partial charge >= 0.3 is 0 Å². The second-order valence-electron chi connectivity index (χ2n) is 7.70. The molecule has 3 N–H and O–H groups in total. The van der Waals surface area contributed by atoms with Gasteiger partial charge in [0.05, 0.1) is 31.3 Å². The van der Waals surface area contributed by atoms with Gasteiger partial charge in [-0.25, -0.2) is 4.98 Å². The lowest BCUT2D eigenvalue weighted by Gasteiger charge is -2.20. The van der Waals surface area contributed by atoms with Crippen molar-refractivity contribution in [3.63, 3.8) is 0 Å². The lowest BCUT2D eigenvalue weighted by Crippen LogP contribution is -2.39. The van der Waals surface area contributed by atoms with Gasteiger partial charge in [-0.05, 0) is 6.07 Å². The smallest absolute Gasteiger partial charge is 0.222 e. The molecule has 2 aromatic heterocycles. The zero-order chi connectivity index (χ0) is 21.1. The van der Waals surface area contributed by atoms with Crippen molar-refractivity contribution >= 4 is 17.5 Å². The Morgan fingerprint density at radius 2 is 2.23 bits per heavy atom. The van der Waals surface area contributed by atoms with Gasteiger partial charge in [0.1, 0.15) is 18.0 Å². The predicted octanol–water partition coefficient (Wildman–Crippen LogP) is 0.550. The molecule has 0 aromatic carbocycles. The van der Waals surface area contributed by atoms with Gasteiger partial charge in [0.2, 0.25) is 5.91 Å². The van der Waals surface area contributed by atoms with Crippen molar-refractivity contribution in [1.29, 1.82) is 0 Å². The number of rotatable bonds is 8. The van der Waals surface area contributed by atoms with Crippen LogP contribution < -0.4 is 10.6 Å². The summed E-state index contributed by atoms with van der Waals surface area (Å²) in [6.45, 7) is 1.38. The summed E-state index contributed by atoms with van der Waals surface area (Å²) in [7, 11) is 1.88. The SMILES string of the molecule is Cn1ccnc1CNC(=O)CC1CC2OC(CNCc3cnccc3Cl)C(O)C2O1. The molecule has 4 heterocycles. The maximum Gasteiger partial charge on any atom is 0.222 e. The average molecular weight is 436 g/mol. The van der Waals surface area contributed by atoms with Crippen molar-refractivity contribution in [3.05, 3.63) is 47.3 Å². The Labute approximate surface area is 179 Å². The van der Waals surface area contributed by atoms with Gasteiger partial charge in [-0.3, -0.25) is 9.78 Å². The number of carbonyl (C=O) groups excluding carboxylic acids is 1. The molecule has 0 saturated carbocycles. The number of aliphatic hydroxyl groups is 1. The number of ether oxygens (including phenoxy) is 2. The number of aliphatic hydroxyl groups excluding tert-OH is 1. The second-order valence-corrected chi connectivity index (χ2v) is 8.10. The monoisotopic (exact) mass is 435 g/mol. The third kappa shape index (κ3) is 4.81. The van der Waals surface area contributed by atoms with Gasteiger partial charge in [-0.15, -0.1) is 0 Å². The first kappa shape index (κ1) is 21.2. The van der Waals surface area contributed by atoms with Crippen LogP contribution in [0.5, 0.6) is 0 Å². The maximum atomic E-state index is 12.2. The van der Waals surface area contributed by atoms with Crippen LogP contribution in [0.3, 0.4) is 0 Å². The normalized spacial score (nSPS) is 27.9. The van der Waals surface area contributed by atoms with Crippen LogP contribution >= 0.6 is 11.6 Å². The van der Waals surface area contributed by atoms with Crippen molar-refractivity contribution in [1.82, 2.24) is 25.2 Å². The number of aryl methyl sites for hydroxylation is 1. The van der Waals surface area contributed by atoms with Crippen LogP contribution in [-0.4, -0.2) is 62.6 Å². The number of nitrogens with one attached hydrogen (secondary N) is 2. The highest BCUT2D eigenvalue weighted by Gasteiger charge is 2.50. The van der Waals surface area contributed by atoms with Crippen LogP contribution in [0, 0.1) is 0 Å². The van der Waals surface area contributed by atoms with Crippen molar-refractivity contribution in [3.8, 4) is 0 Å². The lowest BCUT2D eigenvalue weighted by molar-refractivity contribution is -0.125. The number of pyridine rings is 1. The zero-order valence-electron chi connectivity index (χ0n) is 16.7. The van der Waals surface area contributed by atoms with Gasteiger partial charge in [0, 0.05) is 61.9 Å². The Hall–Kier alpha value is -2.04. The molecule has 30 heavy (non-hydrogen) atoms. The molecular weight excluding hydrogens is 410 g/mol. The summed E-state index contributed by atoms with van der Waals surface area (Å²) in [4.78, 5) is 20.5. The van der Waals surface area contributed by atoms with E-state index in [2.05, 4.69) is 20.6 Å². The maximum absolute atomic E-state index is 12.2. The molecule has 4 rings (SSSR count). The molecule has 9 nitrogen and oxygen atoms in total. The molecule has 0 spiro atoms. The first-order valence-corrected chi connectivity index (χ1v) is 10.4. The van der Waals surface area contributed by atoms with Gasteiger partial charge in [-0.2, -0.15) is 0 Å². The van der Waals surface area contributed by atoms with Gasteiger partial charge in [0.25, 0.3) is 0 Å². The van der Waals surface area contributed by atoms with E-state index < -0.39 is 12.2 Å². The van der Waals surface area contributed by atoms with E-state index in [-0.39, 0.29) is 30.6 Å². The molecule has 2 aliphatic heterocycles. The fourth-order valence-electron chi connectivity index (χ4n) is 3.92. The molecule has 2 saturated heterocycles. The Kier molecular flexibility index (Phi) is 6.64. The Bertz CT molecular complexity index is 878. The number of hydrogen-bond acceptors (Lipinski definition) is 7. The average Bonchev–Trinajstić information content (AvgIpc) is 3.38. The summed E-state index contributed by atoms with van der Waals surface area (Å²) in [6, 6.07) is 1.74. The van der Waals surface area contributed by atoms with Crippen molar-refractivity contribution in [2.45, 2.75) is 56.5 Å². The minimum atomic E-state index is -0.743. The predicted molar refractivity (Wildman–Crippen MR) is 109 cm³/mol. The second kappa shape index (κ2) is 9.40. The number of hydrogen-bond donors (Lipinski definition) is 3. The summed E-state index contributed by atoms with van der Waals surface area (Å²) in [5.41, 5.74) is 0.889. The van der Waals surface area contributed by atoms with E-state index in [0.29, 0.717) is 31.1 Å². The number of carbonyl (C=O) groups is 1. The van der Waals surface area contributed by atoms with Crippen molar-refractivity contribution in [2.75, 3.05) is 6.54 Å². The molecule has 0 radical (unpaired) electrons. The highest BCUT2D eigenvalue weighted by atomic mass is 35.5. The van der Waals surface area contributed by atoms with Crippen molar-refractivity contribution in [2.24, 2.45) is 7.05 Å². The number of fused-ring (bicyclic) bond motifs is 1. The molecular formula is C20H26ClN5O4. The quantitative estimate of drug-likeness (QED) is 0.555. The Morgan fingerprint density at radius 1 is 1.37 bits per heavy atom. The van der Waals surface area contributed by atoms with Crippen molar-refractivity contribution < 1.29 is 19.4 Å². The highest BCUT2D eigenvalue weighted by Crippen LogP contribution is 2.35. The van der Waals surface area contributed by atoms with E-state index >= 15 is 0 Å². The van der Waals surface area contributed by atoms with E-state index in [9.17, 15) is 9.90 Å². The molecule has 0 aliphatic carbocycles. The van der Waals surface area contributed by atoms with E-state index in [0.717, 1.165) is 11.4 Å². The van der Waals surface area contributed by atoms with Gasteiger partial charge in [-0.1, -0.05) is 11.6 Å². The summed E-state index contributed by atoms with van der Waals surface area (Å²) >= 11 is 6.12. The van der Waals surface area contributed by atoms with Crippen LogP contribution in [0.15, 0.2) is 30.9 Å². The zero-order valence-corrected chi connectivity index (χ0v) is 17.5. The molecule has 1 amide bonds. The minimum absolute atomic E-state index is 0.107. The van der Waals surface area contributed by atoms with E-state index in [4.69, 9.17) is 21.1 Å². The number of halogens is 1. The summed E-state index contributed by atoms with van der Waals surface area (Å²) in [6.07, 6.45) is 5.70. The summed E-state index contributed by atoms with van der Waals surface area (Å²) < 4.78 is 13.8. The lowest BCUT2D eigenvalue weighted by atomic mass is 10.1. The van der Waals surface area contributed by atoms with Crippen LogP contribution in [0.4, 0.5) is 0 Å². The highest BCUT2D eigenvalue weighted by molar-refractivity contribution is 6.31. The van der Waals surface area contributed by atoms with Gasteiger partial charge in [0.15, 0.2) is 0 Å². The Morgan fingerprint density at radius 3 is 2.97 bits per heavy atom. The molecule has 0 bridgehead atoms. The largest absolute Gasteiger partial charge is 0.388 e. The first-order chi connectivity index (χ1) is 14.5. The van der Waals surface area contributed by atoms with Gasteiger partial charge < -0.3 is 29.8 Å². The van der Waals surface area contributed by atoms with E-state index in [1.807, 2.05) is 17.8 Å². The number of aromatic nitrogens is 3. The number of nitrogens with zero attached hydrogens (tertiary/aromatic N) is 3. The molecule has 2 aromatic rings. The van der Waals surface area contributed by atoms with Crippen LogP contribution in [0.25, 0.3) is 0 Å². The topological polar surface area (TPSA) is 111 Å². The molecule has 2 fully saturated rings. The number of amides is 1. The number of imidazole rings is 1. The molecule has 162 valence electrons. The molecule has 5 atom stereocenters. The third-order valence-electron chi connectivity index (χ3n) is 5.56. The van der Waals surface area contributed by atoms with Crippen LogP contribution in [0.2, 0.25) is 5.02 Å². The minimum Gasteiger partial charge on any atom is -0.388 e.